The van der Waals surface area contributed by atoms with Gasteiger partial charge in [0.05, 0.1) is 11.3 Å². The van der Waals surface area contributed by atoms with E-state index in [1.165, 1.54) is 11.1 Å². The average Bonchev–Trinajstić information content (AvgIpc) is 2.79. The van der Waals surface area contributed by atoms with Crippen molar-refractivity contribution >= 4 is 5.69 Å². The Balaban J connectivity index is 2.28. The molecule has 0 fully saturated rings. The van der Waals surface area contributed by atoms with Gasteiger partial charge in [-0.25, -0.2) is 0 Å². The van der Waals surface area contributed by atoms with Gasteiger partial charge in [-0.1, -0.05) is 18.2 Å². The number of pyridine rings is 1. The Labute approximate surface area is 101 Å². The Morgan fingerprint density at radius 3 is 2.88 bits per heavy atom. The van der Waals surface area contributed by atoms with E-state index < -0.39 is 0 Å². The number of aromatic nitrogens is 1. The first-order chi connectivity index (χ1) is 8.27. The maximum absolute atomic E-state index is 5.69. The molecule has 1 aromatic carbocycles. The summed E-state index contributed by atoms with van der Waals surface area (Å²) in [6.45, 7) is 2.68. The molecule has 17 heavy (non-hydrogen) atoms. The smallest absolute Gasteiger partial charge is 0.257 e. The van der Waals surface area contributed by atoms with Crippen molar-refractivity contribution in [2.24, 2.45) is 7.05 Å². The van der Waals surface area contributed by atoms with Gasteiger partial charge in [0.1, 0.15) is 7.05 Å². The molecule has 1 aliphatic rings. The Bertz CT molecular complexity index is 578. The Morgan fingerprint density at radius 1 is 1.24 bits per heavy atom. The van der Waals surface area contributed by atoms with E-state index in [9.17, 15) is 0 Å². The second-order valence-electron chi connectivity index (χ2n) is 4.30. The van der Waals surface area contributed by atoms with Crippen LogP contribution in [0.4, 0.5) is 5.69 Å². The first-order valence-corrected chi connectivity index (χ1v) is 5.72. The maximum atomic E-state index is 5.69. The van der Waals surface area contributed by atoms with Crippen molar-refractivity contribution in [3.05, 3.63) is 42.1 Å². The van der Waals surface area contributed by atoms with Gasteiger partial charge in [-0.15, -0.1) is 0 Å². The fourth-order valence-electron chi connectivity index (χ4n) is 2.25. The summed E-state index contributed by atoms with van der Waals surface area (Å²) in [6.07, 6.45) is 2.06. The predicted octanol–water partition coefficient (Wildman–Crippen LogP) is 2.25. The number of anilines is 1. The number of fused-ring (bicyclic) bond motifs is 1. The minimum Gasteiger partial charge on any atom is -0.464 e. The normalized spacial score (nSPS) is 12.8. The maximum Gasteiger partial charge on any atom is 0.257 e. The molecule has 0 saturated carbocycles. The van der Waals surface area contributed by atoms with E-state index in [4.69, 9.17) is 4.74 Å². The van der Waals surface area contributed by atoms with Crippen molar-refractivity contribution in [3.8, 4) is 17.0 Å². The minimum atomic E-state index is 0.554. The van der Waals surface area contributed by atoms with Gasteiger partial charge in [-0.05, 0) is 18.6 Å². The van der Waals surface area contributed by atoms with E-state index in [0.717, 1.165) is 17.1 Å². The molecule has 2 aromatic rings. The van der Waals surface area contributed by atoms with Gasteiger partial charge in [0, 0.05) is 6.07 Å². The van der Waals surface area contributed by atoms with Gasteiger partial charge in [0.15, 0.2) is 12.9 Å². The lowest BCUT2D eigenvalue weighted by Crippen LogP contribution is -2.30. The molecule has 0 spiro atoms. The number of aryl methyl sites for hydroxylation is 2. The van der Waals surface area contributed by atoms with Crippen LogP contribution >= 0.6 is 0 Å². The van der Waals surface area contributed by atoms with E-state index in [0.29, 0.717) is 6.73 Å². The second-order valence-corrected chi connectivity index (χ2v) is 4.30. The van der Waals surface area contributed by atoms with Crippen molar-refractivity contribution < 1.29 is 9.30 Å². The predicted molar refractivity (Wildman–Crippen MR) is 66.9 cm³/mol. The van der Waals surface area contributed by atoms with Crippen LogP contribution < -0.4 is 14.6 Å². The molecule has 86 valence electrons. The molecule has 0 atom stereocenters. The van der Waals surface area contributed by atoms with Crippen LogP contribution in [0.25, 0.3) is 11.3 Å². The Hall–Kier alpha value is -2.03. The van der Waals surface area contributed by atoms with Gasteiger partial charge >= 0.3 is 0 Å². The molecule has 0 unspecified atom stereocenters. The van der Waals surface area contributed by atoms with Crippen molar-refractivity contribution in [3.63, 3.8) is 0 Å². The summed E-state index contributed by atoms with van der Waals surface area (Å²) in [5.41, 5.74) is 4.68. The van der Waals surface area contributed by atoms with Crippen molar-refractivity contribution in [1.82, 2.24) is 0 Å². The van der Waals surface area contributed by atoms with Crippen molar-refractivity contribution in [1.29, 1.82) is 0 Å². The van der Waals surface area contributed by atoms with E-state index in [1.807, 2.05) is 13.1 Å². The van der Waals surface area contributed by atoms with E-state index in [2.05, 4.69) is 47.3 Å². The third kappa shape index (κ3) is 1.55. The lowest BCUT2D eigenvalue weighted by atomic mass is 10.0. The van der Waals surface area contributed by atoms with E-state index in [-0.39, 0.29) is 0 Å². The first kappa shape index (κ1) is 10.1. The molecule has 1 aliphatic heterocycles. The number of ether oxygens (including phenoxy) is 1. The summed E-state index contributed by atoms with van der Waals surface area (Å²) < 4.78 is 7.79. The zero-order chi connectivity index (χ0) is 11.8. The topological polar surface area (TPSA) is 25.1 Å². The Morgan fingerprint density at radius 2 is 2.06 bits per heavy atom. The molecule has 1 N–H and O–H groups in total. The van der Waals surface area contributed by atoms with Crippen LogP contribution in [0.2, 0.25) is 0 Å². The molecule has 0 radical (unpaired) electrons. The molecule has 0 saturated heterocycles. The van der Waals surface area contributed by atoms with E-state index in [1.54, 1.807) is 0 Å². The Kier molecular flexibility index (Phi) is 2.25. The van der Waals surface area contributed by atoms with Crippen LogP contribution in [0.15, 0.2) is 36.5 Å². The quantitative estimate of drug-likeness (QED) is 0.756. The van der Waals surface area contributed by atoms with Crippen molar-refractivity contribution in [2.75, 3.05) is 12.0 Å². The van der Waals surface area contributed by atoms with Crippen LogP contribution in [-0.4, -0.2) is 6.73 Å². The third-order valence-electron chi connectivity index (χ3n) is 3.16. The van der Waals surface area contributed by atoms with E-state index >= 15 is 0 Å². The first-order valence-electron chi connectivity index (χ1n) is 5.72. The molecule has 0 bridgehead atoms. The zero-order valence-electron chi connectivity index (χ0n) is 10.0. The highest BCUT2D eigenvalue weighted by atomic mass is 16.5. The van der Waals surface area contributed by atoms with Gasteiger partial charge in [0.2, 0.25) is 5.75 Å². The van der Waals surface area contributed by atoms with Crippen molar-refractivity contribution in [2.45, 2.75) is 6.92 Å². The highest BCUT2D eigenvalue weighted by Gasteiger charge is 2.25. The number of hydrogen-bond acceptors (Lipinski definition) is 2. The lowest BCUT2D eigenvalue weighted by Gasteiger charge is -2.07. The summed E-state index contributed by atoms with van der Waals surface area (Å²) >= 11 is 0. The SMILES string of the molecule is Cc1ccccc1-c1c2c(cc[n+]1C)NCO2. The molecule has 1 aromatic heterocycles. The fraction of sp³-hybridized carbons (Fsp3) is 0.214. The van der Waals surface area contributed by atoms with Gasteiger partial charge < -0.3 is 10.1 Å². The van der Waals surface area contributed by atoms with Crippen LogP contribution in [0, 0.1) is 6.92 Å². The largest absolute Gasteiger partial charge is 0.464 e. The number of rotatable bonds is 1. The molecule has 2 heterocycles. The highest BCUT2D eigenvalue weighted by Crippen LogP contribution is 2.37. The summed E-state index contributed by atoms with van der Waals surface area (Å²) in [5, 5.41) is 3.22. The summed E-state index contributed by atoms with van der Waals surface area (Å²) in [6, 6.07) is 10.4. The monoisotopic (exact) mass is 227 g/mol. The third-order valence-corrected chi connectivity index (χ3v) is 3.16. The molecule has 3 rings (SSSR count). The summed E-state index contributed by atoms with van der Waals surface area (Å²) in [5.74, 6) is 0.948. The summed E-state index contributed by atoms with van der Waals surface area (Å²) in [7, 11) is 2.05. The molecular formula is C14H15N2O+. The highest BCUT2D eigenvalue weighted by molar-refractivity contribution is 5.75. The van der Waals surface area contributed by atoms with Gasteiger partial charge in [-0.3, -0.25) is 0 Å². The fourth-order valence-corrected chi connectivity index (χ4v) is 2.25. The second kappa shape index (κ2) is 3.77. The molecule has 0 amide bonds. The number of hydrogen-bond donors (Lipinski definition) is 1. The lowest BCUT2D eigenvalue weighted by molar-refractivity contribution is -0.660. The number of nitrogens with one attached hydrogen (secondary N) is 1. The summed E-state index contributed by atoms with van der Waals surface area (Å²) in [4.78, 5) is 0. The molecule has 3 nitrogen and oxygen atoms in total. The van der Waals surface area contributed by atoms with Crippen LogP contribution in [0.5, 0.6) is 5.75 Å². The van der Waals surface area contributed by atoms with Crippen LogP contribution in [0.3, 0.4) is 0 Å². The minimum absolute atomic E-state index is 0.554. The number of benzene rings is 1. The van der Waals surface area contributed by atoms with Gasteiger partial charge in [-0.2, -0.15) is 4.57 Å². The molecule has 3 heteroatoms. The van der Waals surface area contributed by atoms with Gasteiger partial charge in [0.25, 0.3) is 5.69 Å². The number of nitrogens with zero attached hydrogens (tertiary/aromatic N) is 1. The zero-order valence-corrected chi connectivity index (χ0v) is 10.0. The molecule has 0 aliphatic carbocycles. The van der Waals surface area contributed by atoms with Crippen LogP contribution in [-0.2, 0) is 7.05 Å². The average molecular weight is 227 g/mol. The standard InChI is InChI=1S/C14H14N2O/c1-10-5-3-4-6-11(10)13-14-12(15-9-17-14)7-8-16(13)2/h3-8H,9H2,1-2H3/p+1. The molecular weight excluding hydrogens is 212 g/mol. The van der Waals surface area contributed by atoms with Crippen LogP contribution in [0.1, 0.15) is 5.56 Å².